The summed E-state index contributed by atoms with van der Waals surface area (Å²) in [6.07, 6.45) is 0.0821. The molecule has 3 nitrogen and oxygen atoms in total. The Hall–Kier alpha value is -0.580. The molecule has 0 aliphatic carbocycles. The van der Waals surface area contributed by atoms with E-state index in [4.69, 9.17) is 14.2 Å². The Kier molecular flexibility index (Phi) is 6.55. The molecule has 0 amide bonds. The Morgan fingerprint density at radius 3 is 2.76 bits per heavy atom. The molecule has 0 saturated heterocycles. The quantitative estimate of drug-likeness (QED) is 0.772. The fourth-order valence-corrected chi connectivity index (χ4v) is 1.83. The van der Waals surface area contributed by atoms with Crippen molar-refractivity contribution in [1.82, 2.24) is 0 Å². The lowest BCUT2D eigenvalue weighted by atomic mass is 10.2. The Morgan fingerprint density at radius 2 is 2.12 bits per heavy atom. The molecule has 1 rings (SSSR count). The molecule has 4 heteroatoms. The summed E-state index contributed by atoms with van der Waals surface area (Å²) in [6.45, 7) is 5.84. The molecule has 0 fully saturated rings. The summed E-state index contributed by atoms with van der Waals surface area (Å²) in [7, 11) is 1.66. The maximum absolute atomic E-state index is 5.70. The third-order valence-electron chi connectivity index (χ3n) is 2.32. The molecule has 17 heavy (non-hydrogen) atoms. The molecule has 1 unspecified atom stereocenters. The van der Waals surface area contributed by atoms with Crippen LogP contribution >= 0.6 is 15.9 Å². The Bertz CT molecular complexity index is 341. The molecule has 1 atom stereocenters. The Morgan fingerprint density at radius 1 is 1.35 bits per heavy atom. The highest BCUT2D eigenvalue weighted by atomic mass is 79.9. The molecule has 1 aromatic carbocycles. The van der Waals surface area contributed by atoms with Crippen molar-refractivity contribution in [3.8, 4) is 5.75 Å². The van der Waals surface area contributed by atoms with Gasteiger partial charge in [0.05, 0.1) is 26.4 Å². The minimum Gasteiger partial charge on any atom is -0.496 e. The predicted molar refractivity (Wildman–Crippen MR) is 71.4 cm³/mol. The number of ether oxygens (including phenoxy) is 3. The molecule has 0 heterocycles. The van der Waals surface area contributed by atoms with Crippen molar-refractivity contribution in [1.29, 1.82) is 0 Å². The molecule has 0 aromatic heterocycles. The second-order valence-electron chi connectivity index (χ2n) is 3.74. The van der Waals surface area contributed by atoms with Crippen molar-refractivity contribution in [3.63, 3.8) is 0 Å². The number of benzene rings is 1. The van der Waals surface area contributed by atoms with Crippen molar-refractivity contribution >= 4 is 15.9 Å². The topological polar surface area (TPSA) is 27.7 Å². The van der Waals surface area contributed by atoms with Gasteiger partial charge >= 0.3 is 0 Å². The van der Waals surface area contributed by atoms with Crippen molar-refractivity contribution in [2.45, 2.75) is 26.6 Å². The van der Waals surface area contributed by atoms with Crippen molar-refractivity contribution in [3.05, 3.63) is 28.2 Å². The standard InChI is InChI=1S/C13H19BrO3/c1-4-16-8-10(2)17-9-11-7-12(14)5-6-13(11)15-3/h5-7,10H,4,8-9H2,1-3H3. The zero-order valence-corrected chi connectivity index (χ0v) is 12.1. The van der Waals surface area contributed by atoms with E-state index in [0.29, 0.717) is 19.8 Å². The maximum Gasteiger partial charge on any atom is 0.124 e. The van der Waals surface area contributed by atoms with E-state index in [1.54, 1.807) is 7.11 Å². The van der Waals surface area contributed by atoms with Crippen molar-refractivity contribution in [2.24, 2.45) is 0 Å². The first-order valence-corrected chi connectivity index (χ1v) is 6.48. The number of rotatable bonds is 7. The van der Waals surface area contributed by atoms with Gasteiger partial charge in [0.25, 0.3) is 0 Å². The third-order valence-corrected chi connectivity index (χ3v) is 2.82. The van der Waals surface area contributed by atoms with Crippen LogP contribution in [0.1, 0.15) is 19.4 Å². The van der Waals surface area contributed by atoms with E-state index in [0.717, 1.165) is 15.8 Å². The molecule has 96 valence electrons. The zero-order chi connectivity index (χ0) is 12.7. The summed E-state index contributed by atoms with van der Waals surface area (Å²) in [5.74, 6) is 0.844. The number of hydrogen-bond donors (Lipinski definition) is 0. The SMILES string of the molecule is CCOCC(C)OCc1cc(Br)ccc1OC. The van der Waals surface area contributed by atoms with Crippen LogP contribution in [0.2, 0.25) is 0 Å². The van der Waals surface area contributed by atoms with Gasteiger partial charge in [-0.3, -0.25) is 0 Å². The van der Waals surface area contributed by atoms with Gasteiger partial charge in [0.1, 0.15) is 5.75 Å². The highest BCUT2D eigenvalue weighted by Crippen LogP contribution is 2.23. The van der Waals surface area contributed by atoms with Crippen LogP contribution in [0.15, 0.2) is 22.7 Å². The molecule has 1 aromatic rings. The smallest absolute Gasteiger partial charge is 0.124 e. The van der Waals surface area contributed by atoms with Crippen LogP contribution in [0.3, 0.4) is 0 Å². The molecule has 0 aliphatic heterocycles. The van der Waals surface area contributed by atoms with Crippen molar-refractivity contribution < 1.29 is 14.2 Å². The van der Waals surface area contributed by atoms with Crippen LogP contribution in [0.5, 0.6) is 5.75 Å². The molecule has 0 radical (unpaired) electrons. The fourth-order valence-electron chi connectivity index (χ4n) is 1.42. The highest BCUT2D eigenvalue weighted by Gasteiger charge is 2.07. The van der Waals surface area contributed by atoms with Gasteiger partial charge in [-0.05, 0) is 32.0 Å². The third kappa shape index (κ3) is 5.06. The summed E-state index contributed by atoms with van der Waals surface area (Å²) in [5, 5.41) is 0. The van der Waals surface area contributed by atoms with Gasteiger partial charge in [-0.15, -0.1) is 0 Å². The van der Waals surface area contributed by atoms with Gasteiger partial charge in [-0.1, -0.05) is 15.9 Å². The van der Waals surface area contributed by atoms with Crippen molar-refractivity contribution in [2.75, 3.05) is 20.3 Å². The van der Waals surface area contributed by atoms with E-state index in [1.807, 2.05) is 32.0 Å². The minimum absolute atomic E-state index is 0.0821. The van der Waals surface area contributed by atoms with Gasteiger partial charge in [-0.2, -0.15) is 0 Å². The number of halogens is 1. The molecular weight excluding hydrogens is 284 g/mol. The van der Waals surface area contributed by atoms with Crippen LogP contribution in [0, 0.1) is 0 Å². The second kappa shape index (κ2) is 7.69. The Balaban J connectivity index is 2.52. The van der Waals surface area contributed by atoms with Gasteiger partial charge in [0, 0.05) is 16.6 Å². The fraction of sp³-hybridized carbons (Fsp3) is 0.538. The van der Waals surface area contributed by atoms with E-state index >= 15 is 0 Å². The number of methoxy groups -OCH3 is 1. The van der Waals surface area contributed by atoms with Crippen LogP contribution in [0.25, 0.3) is 0 Å². The van der Waals surface area contributed by atoms with Crippen LogP contribution in [0.4, 0.5) is 0 Å². The van der Waals surface area contributed by atoms with E-state index < -0.39 is 0 Å². The van der Waals surface area contributed by atoms with Crippen LogP contribution in [-0.4, -0.2) is 26.4 Å². The minimum atomic E-state index is 0.0821. The summed E-state index contributed by atoms with van der Waals surface area (Å²) < 4.78 is 17.3. The second-order valence-corrected chi connectivity index (χ2v) is 4.65. The van der Waals surface area contributed by atoms with Gasteiger partial charge in [-0.25, -0.2) is 0 Å². The van der Waals surface area contributed by atoms with E-state index in [2.05, 4.69) is 15.9 Å². The average molecular weight is 303 g/mol. The van der Waals surface area contributed by atoms with Crippen LogP contribution < -0.4 is 4.74 Å². The Labute approximate surface area is 111 Å². The summed E-state index contributed by atoms with van der Waals surface area (Å²) in [6, 6.07) is 5.88. The lowest BCUT2D eigenvalue weighted by molar-refractivity contribution is -0.0122. The lowest BCUT2D eigenvalue weighted by Gasteiger charge is -2.14. The molecular formula is C13H19BrO3. The normalized spacial score (nSPS) is 12.5. The zero-order valence-electron chi connectivity index (χ0n) is 10.5. The van der Waals surface area contributed by atoms with Crippen LogP contribution in [-0.2, 0) is 16.1 Å². The first-order valence-electron chi connectivity index (χ1n) is 5.69. The molecule has 0 spiro atoms. The highest BCUT2D eigenvalue weighted by molar-refractivity contribution is 9.10. The average Bonchev–Trinajstić information content (AvgIpc) is 2.34. The first-order chi connectivity index (χ1) is 8.17. The molecule has 0 aliphatic rings. The first kappa shape index (κ1) is 14.5. The molecule has 0 bridgehead atoms. The van der Waals surface area contributed by atoms with Gasteiger partial charge in [0.15, 0.2) is 0 Å². The van der Waals surface area contributed by atoms with E-state index in [1.165, 1.54) is 0 Å². The van der Waals surface area contributed by atoms with E-state index in [-0.39, 0.29) is 6.10 Å². The van der Waals surface area contributed by atoms with Gasteiger partial charge < -0.3 is 14.2 Å². The summed E-state index contributed by atoms with van der Waals surface area (Å²) in [4.78, 5) is 0. The predicted octanol–water partition coefficient (Wildman–Crippen LogP) is 3.40. The molecule has 0 saturated carbocycles. The summed E-state index contributed by atoms with van der Waals surface area (Å²) in [5.41, 5.74) is 1.03. The largest absolute Gasteiger partial charge is 0.496 e. The number of hydrogen-bond acceptors (Lipinski definition) is 3. The maximum atomic E-state index is 5.70. The van der Waals surface area contributed by atoms with E-state index in [9.17, 15) is 0 Å². The monoisotopic (exact) mass is 302 g/mol. The summed E-state index contributed by atoms with van der Waals surface area (Å²) >= 11 is 3.44. The van der Waals surface area contributed by atoms with Gasteiger partial charge in [0.2, 0.25) is 0 Å². The molecule has 0 N–H and O–H groups in total. The lowest BCUT2D eigenvalue weighted by Crippen LogP contribution is -2.16.